The minimum atomic E-state index is -0.185. The fourth-order valence-corrected chi connectivity index (χ4v) is 4.72. The third-order valence-electron chi connectivity index (χ3n) is 7.42. The lowest BCUT2D eigenvalue weighted by Gasteiger charge is -2.11. The van der Waals surface area contributed by atoms with Crippen LogP contribution in [-0.2, 0) is 9.59 Å². The molecule has 2 aromatic carbocycles. The Balaban J connectivity index is -0.00000756. The van der Waals surface area contributed by atoms with E-state index in [4.69, 9.17) is 45.9 Å². The lowest BCUT2D eigenvalue weighted by atomic mass is 10.0. The van der Waals surface area contributed by atoms with Gasteiger partial charge in [0.2, 0.25) is 35.7 Å². The lowest BCUT2D eigenvalue weighted by molar-refractivity contribution is -0.117. The quantitative estimate of drug-likeness (QED) is 0.0425. The summed E-state index contributed by atoms with van der Waals surface area (Å²) in [4.78, 5) is 25.7. The van der Waals surface area contributed by atoms with E-state index in [9.17, 15) is 9.59 Å². The predicted molar refractivity (Wildman–Crippen MR) is 248 cm³/mol. The van der Waals surface area contributed by atoms with Crippen LogP contribution in [0.25, 0.3) is 0 Å². The number of carbonyl (C=O) groups is 2. The zero-order chi connectivity index (χ0) is 40.2. The average molecular weight is 891 g/mol. The van der Waals surface area contributed by atoms with Gasteiger partial charge in [-0.3, -0.25) is 9.59 Å². The summed E-state index contributed by atoms with van der Waals surface area (Å²) < 4.78 is 0. The second kappa shape index (κ2) is 29.5. The Kier molecular flexibility index (Phi) is 28.8. The van der Waals surface area contributed by atoms with Crippen LogP contribution in [0.15, 0.2) is 77.2 Å². The molecule has 0 bridgehead atoms. The summed E-state index contributed by atoms with van der Waals surface area (Å²) in [5, 5.41) is 36.8. The molecule has 0 aliphatic heterocycles. The first-order chi connectivity index (χ1) is 25.5. The summed E-state index contributed by atoms with van der Waals surface area (Å²) >= 11 is 0. The van der Waals surface area contributed by atoms with Gasteiger partial charge >= 0.3 is 0 Å². The summed E-state index contributed by atoms with van der Waals surface area (Å²) in [6, 6.07) is 10.7. The smallest absolute Gasteiger partial charge is 0.224 e. The molecule has 24 heteroatoms. The minimum absolute atomic E-state index is 0. The van der Waals surface area contributed by atoms with E-state index in [1.165, 1.54) is 0 Å². The van der Waals surface area contributed by atoms with Crippen LogP contribution in [0.1, 0.15) is 101 Å². The Labute approximate surface area is 362 Å². The van der Waals surface area contributed by atoms with Crippen molar-refractivity contribution in [2.24, 2.45) is 86.7 Å². The standard InChI is InChI=1S/C34H52N18O2.4ClH/c1-19(45-49-31(35)36)23-13-24(20(2)46-50-32(37)38)16-27(15-23)43-29(53)11-9-7-5-6-8-10-12-30(54)44-28-17-25(21(3)47-51-33(39)40)14-26(18-28)22(4)48-52-34(41)42;;;;/h13-18H,5-12H2,1-4H3,(H,43,53)(H,44,54)(H4,35,36,49)(H4,37,38,50)(H4,39,40,51)(H4,41,42,52);4*1H/b45-19+,46-20+,47-21+,48-22+;;;;. The van der Waals surface area contributed by atoms with E-state index in [1.54, 1.807) is 64.1 Å². The Morgan fingerprint density at radius 1 is 0.397 bits per heavy atom. The van der Waals surface area contributed by atoms with E-state index >= 15 is 0 Å². The van der Waals surface area contributed by atoms with Crippen molar-refractivity contribution in [3.8, 4) is 0 Å². The van der Waals surface area contributed by atoms with Gasteiger partial charge in [-0.1, -0.05) is 25.7 Å². The maximum atomic E-state index is 12.8. The number of carbonyl (C=O) groups excluding carboxylic acids is 2. The van der Waals surface area contributed by atoms with Gasteiger partial charge in [0.25, 0.3) is 0 Å². The largest absolute Gasteiger partial charge is 0.369 e. The van der Waals surface area contributed by atoms with Crippen molar-refractivity contribution in [1.82, 2.24) is 0 Å². The van der Waals surface area contributed by atoms with Crippen molar-refractivity contribution in [3.05, 3.63) is 58.7 Å². The highest BCUT2D eigenvalue weighted by Crippen LogP contribution is 2.20. The van der Waals surface area contributed by atoms with Crippen LogP contribution in [-0.4, -0.2) is 58.5 Å². The van der Waals surface area contributed by atoms with Gasteiger partial charge in [0, 0.05) is 46.5 Å². The Morgan fingerprint density at radius 3 is 0.845 bits per heavy atom. The molecule has 0 saturated heterocycles. The van der Waals surface area contributed by atoms with Crippen LogP contribution < -0.4 is 56.5 Å². The van der Waals surface area contributed by atoms with Crippen LogP contribution >= 0.6 is 49.6 Å². The van der Waals surface area contributed by atoms with Gasteiger partial charge in [-0.25, -0.2) is 0 Å². The maximum absolute atomic E-state index is 12.8. The van der Waals surface area contributed by atoms with Crippen LogP contribution in [0.3, 0.4) is 0 Å². The number of halogens is 4. The Morgan fingerprint density at radius 2 is 0.621 bits per heavy atom. The molecular formula is C34H56Cl4N18O2. The van der Waals surface area contributed by atoms with Gasteiger partial charge in [0.15, 0.2) is 0 Å². The van der Waals surface area contributed by atoms with Crippen molar-refractivity contribution in [3.63, 3.8) is 0 Å². The molecule has 20 nitrogen and oxygen atoms in total. The normalized spacial score (nSPS) is 11.2. The summed E-state index contributed by atoms with van der Waals surface area (Å²) in [7, 11) is 0. The fourth-order valence-electron chi connectivity index (χ4n) is 4.72. The van der Waals surface area contributed by atoms with Crippen LogP contribution in [0.5, 0.6) is 0 Å². The SMILES string of the molecule is C/C(=N\N=C(N)N)c1cc(NC(=O)CCCCCCCCC(=O)Nc2cc(/C(C)=N/N=C(N)N)cc(/C(C)=N/N=C(N)N)c2)cc(/C(C)=N/N=C(N)N)c1.Cl.Cl.Cl.Cl. The van der Waals surface area contributed by atoms with Gasteiger partial charge in [-0.15, -0.1) is 70.0 Å². The van der Waals surface area contributed by atoms with Crippen molar-refractivity contribution in [1.29, 1.82) is 0 Å². The first-order valence-corrected chi connectivity index (χ1v) is 17.0. The number of rotatable bonds is 19. The molecule has 2 aromatic rings. The first-order valence-electron chi connectivity index (χ1n) is 17.0. The monoisotopic (exact) mass is 888 g/mol. The second-order valence-corrected chi connectivity index (χ2v) is 12.2. The fraction of sp³-hybridized carbons (Fsp3) is 0.353. The highest BCUT2D eigenvalue weighted by Gasteiger charge is 2.12. The molecule has 0 atom stereocenters. The van der Waals surface area contributed by atoms with E-state index < -0.39 is 0 Å². The highest BCUT2D eigenvalue weighted by molar-refractivity contribution is 6.07. The van der Waals surface area contributed by atoms with Gasteiger partial charge < -0.3 is 56.5 Å². The van der Waals surface area contributed by atoms with Gasteiger partial charge in [-0.05, 0) is 76.9 Å². The third-order valence-corrected chi connectivity index (χ3v) is 7.42. The number of nitrogens with one attached hydrogen (secondary N) is 2. The molecule has 0 aliphatic carbocycles. The Hall–Kier alpha value is -5.70. The third kappa shape index (κ3) is 22.8. The van der Waals surface area contributed by atoms with E-state index in [1.807, 2.05) is 0 Å². The van der Waals surface area contributed by atoms with Crippen molar-refractivity contribution < 1.29 is 9.59 Å². The molecule has 58 heavy (non-hydrogen) atoms. The molecule has 0 fully saturated rings. The topological polar surface area (TPSA) is 365 Å². The summed E-state index contributed by atoms with van der Waals surface area (Å²) in [5.41, 5.74) is 49.0. The summed E-state index contributed by atoms with van der Waals surface area (Å²) in [5.74, 6) is -1.03. The van der Waals surface area contributed by atoms with Crippen LogP contribution in [0, 0.1) is 0 Å². The number of nitrogens with two attached hydrogens (primary N) is 8. The number of nitrogens with zero attached hydrogens (tertiary/aromatic N) is 8. The van der Waals surface area contributed by atoms with Crippen LogP contribution in [0.4, 0.5) is 11.4 Å². The first kappa shape index (κ1) is 56.6. The highest BCUT2D eigenvalue weighted by atomic mass is 35.5. The Bertz CT molecular complexity index is 1650. The number of benzene rings is 2. The van der Waals surface area contributed by atoms with E-state index in [2.05, 4.69) is 51.4 Å². The number of unbranched alkanes of at least 4 members (excludes halogenated alkanes) is 5. The van der Waals surface area contributed by atoms with Crippen molar-refractivity contribution >= 4 is 120 Å². The molecule has 0 spiro atoms. The summed E-state index contributed by atoms with van der Waals surface area (Å²) in [6.07, 6.45) is 5.62. The minimum Gasteiger partial charge on any atom is -0.369 e. The summed E-state index contributed by atoms with van der Waals surface area (Å²) in [6.45, 7) is 6.92. The molecular weight excluding hydrogens is 834 g/mol. The van der Waals surface area contributed by atoms with Gasteiger partial charge in [0.1, 0.15) is 0 Å². The van der Waals surface area contributed by atoms with Gasteiger partial charge in [0.05, 0.1) is 22.8 Å². The molecule has 2 rings (SSSR count). The number of amides is 2. The number of hydrogen-bond acceptors (Lipinski definition) is 10. The average Bonchev–Trinajstić information content (AvgIpc) is 3.11. The van der Waals surface area contributed by atoms with E-state index in [0.29, 0.717) is 82.2 Å². The number of guanidine groups is 4. The molecule has 0 unspecified atom stereocenters. The zero-order valence-corrected chi connectivity index (χ0v) is 36.0. The maximum Gasteiger partial charge on any atom is 0.224 e. The van der Waals surface area contributed by atoms with Crippen molar-refractivity contribution in [2.45, 2.75) is 79.1 Å². The van der Waals surface area contributed by atoms with Crippen molar-refractivity contribution in [2.75, 3.05) is 10.6 Å². The van der Waals surface area contributed by atoms with E-state index in [0.717, 1.165) is 25.7 Å². The molecule has 0 saturated carbocycles. The molecule has 2 amide bonds. The number of hydrogen-bond donors (Lipinski definition) is 10. The second-order valence-electron chi connectivity index (χ2n) is 12.2. The molecule has 322 valence electrons. The molecule has 0 aromatic heterocycles. The zero-order valence-electron chi connectivity index (χ0n) is 32.8. The lowest BCUT2D eigenvalue weighted by Crippen LogP contribution is -2.22. The van der Waals surface area contributed by atoms with E-state index in [-0.39, 0.29) is 85.3 Å². The predicted octanol–water partition coefficient (Wildman–Crippen LogP) is 3.06. The molecule has 0 heterocycles. The van der Waals surface area contributed by atoms with Crippen LogP contribution in [0.2, 0.25) is 0 Å². The molecule has 18 N–H and O–H groups in total. The molecule has 0 aliphatic rings. The van der Waals surface area contributed by atoms with Gasteiger partial charge in [-0.2, -0.15) is 20.4 Å². The number of anilines is 2. The molecule has 0 radical (unpaired) electrons.